The van der Waals surface area contributed by atoms with Gasteiger partial charge in [-0.3, -0.25) is 0 Å². The maximum Gasteiger partial charge on any atom is 0.150 e. The van der Waals surface area contributed by atoms with Gasteiger partial charge >= 0.3 is 0 Å². The van der Waals surface area contributed by atoms with Crippen LogP contribution in [0.5, 0.6) is 5.75 Å². The quantitative estimate of drug-likeness (QED) is 0.854. The van der Waals surface area contributed by atoms with Crippen LogP contribution in [0.3, 0.4) is 0 Å². The number of rotatable bonds is 5. The van der Waals surface area contributed by atoms with Crippen molar-refractivity contribution in [3.8, 4) is 5.75 Å². The summed E-state index contributed by atoms with van der Waals surface area (Å²) in [6.07, 6.45) is 0. The van der Waals surface area contributed by atoms with Crippen molar-refractivity contribution in [2.75, 3.05) is 12.9 Å². The third kappa shape index (κ3) is 3.48. The minimum absolute atomic E-state index is 0.0186. The fraction of sp³-hybridized carbons (Fsp3) is 0.308. The van der Waals surface area contributed by atoms with Crippen LogP contribution < -0.4 is 10.5 Å². The van der Waals surface area contributed by atoms with Gasteiger partial charge in [0.1, 0.15) is 10.1 Å². The van der Waals surface area contributed by atoms with Gasteiger partial charge in [0.25, 0.3) is 0 Å². The minimum Gasteiger partial charge on any atom is -0.497 e. The van der Waals surface area contributed by atoms with Crippen LogP contribution in [0.4, 0.5) is 0 Å². The first-order chi connectivity index (χ1) is 8.69. The molecule has 1 unspecified atom stereocenters. The number of hydrogen-bond donors (Lipinski definition) is 1. The minimum atomic E-state index is 0.0186. The van der Waals surface area contributed by atoms with Crippen molar-refractivity contribution in [3.63, 3.8) is 0 Å². The summed E-state index contributed by atoms with van der Waals surface area (Å²) >= 11 is 3.37. The Morgan fingerprint density at radius 1 is 1.39 bits per heavy atom. The molecule has 1 heterocycles. The van der Waals surface area contributed by atoms with Crippen molar-refractivity contribution >= 4 is 23.1 Å². The topological polar surface area (TPSA) is 48.1 Å². The number of aryl methyl sites for hydroxylation is 1. The van der Waals surface area contributed by atoms with E-state index in [1.807, 2.05) is 31.2 Å². The molecule has 0 fully saturated rings. The van der Waals surface area contributed by atoms with Gasteiger partial charge in [-0.25, -0.2) is 4.98 Å². The molecule has 18 heavy (non-hydrogen) atoms. The van der Waals surface area contributed by atoms with Crippen LogP contribution in [0.25, 0.3) is 0 Å². The second-order valence-corrected chi connectivity index (χ2v) is 6.07. The molecule has 2 rings (SSSR count). The number of ether oxygens (including phenoxy) is 1. The van der Waals surface area contributed by atoms with Gasteiger partial charge in [-0.2, -0.15) is 0 Å². The van der Waals surface area contributed by atoms with Crippen LogP contribution in [-0.4, -0.2) is 17.8 Å². The number of thioether (sulfide) groups is 1. The second kappa shape index (κ2) is 6.22. The normalized spacial score (nSPS) is 12.4. The zero-order valence-electron chi connectivity index (χ0n) is 10.4. The van der Waals surface area contributed by atoms with E-state index in [1.54, 1.807) is 30.2 Å². The molecule has 2 N–H and O–H groups in total. The van der Waals surface area contributed by atoms with E-state index in [0.29, 0.717) is 0 Å². The van der Waals surface area contributed by atoms with E-state index in [-0.39, 0.29) is 6.04 Å². The summed E-state index contributed by atoms with van der Waals surface area (Å²) in [4.78, 5) is 4.41. The van der Waals surface area contributed by atoms with Gasteiger partial charge in [0.15, 0.2) is 0 Å². The fourth-order valence-electron chi connectivity index (χ4n) is 1.51. The van der Waals surface area contributed by atoms with Crippen LogP contribution >= 0.6 is 23.1 Å². The Morgan fingerprint density at radius 3 is 2.67 bits per heavy atom. The summed E-state index contributed by atoms with van der Waals surface area (Å²) in [5, 5.41) is 2.06. The summed E-state index contributed by atoms with van der Waals surface area (Å²) in [7, 11) is 1.66. The molecule has 0 spiro atoms. The van der Waals surface area contributed by atoms with Crippen LogP contribution in [0.15, 0.2) is 34.0 Å². The summed E-state index contributed by atoms with van der Waals surface area (Å²) in [5.74, 6) is 1.69. The first kappa shape index (κ1) is 13.4. The molecule has 0 amide bonds. The van der Waals surface area contributed by atoms with Crippen molar-refractivity contribution in [2.45, 2.75) is 17.3 Å². The highest BCUT2D eigenvalue weighted by molar-refractivity contribution is 8.01. The molecule has 1 atom stereocenters. The van der Waals surface area contributed by atoms with Crippen molar-refractivity contribution in [2.24, 2.45) is 5.73 Å². The Bertz CT molecular complexity index is 496. The lowest BCUT2D eigenvalue weighted by Gasteiger charge is -2.11. The SMILES string of the molecule is COc1ccc(C(N)CSc2nc(C)cs2)cc1. The Morgan fingerprint density at radius 2 is 2.11 bits per heavy atom. The molecule has 3 nitrogen and oxygen atoms in total. The monoisotopic (exact) mass is 280 g/mol. The molecule has 0 saturated carbocycles. The average Bonchev–Trinajstić information content (AvgIpc) is 2.82. The number of thiazole rings is 1. The third-order valence-electron chi connectivity index (χ3n) is 2.53. The zero-order chi connectivity index (χ0) is 13.0. The van der Waals surface area contributed by atoms with E-state index in [4.69, 9.17) is 10.5 Å². The second-order valence-electron chi connectivity index (χ2n) is 3.95. The number of nitrogens with zero attached hydrogens (tertiary/aromatic N) is 1. The van der Waals surface area contributed by atoms with Crippen LogP contribution in [-0.2, 0) is 0 Å². The standard InChI is InChI=1S/C13H16N2OS2/c1-9-7-17-13(15-9)18-8-12(14)10-3-5-11(16-2)6-4-10/h3-7,12H,8,14H2,1-2H3. The number of hydrogen-bond acceptors (Lipinski definition) is 5. The first-order valence-corrected chi connectivity index (χ1v) is 7.50. The highest BCUT2D eigenvalue weighted by Gasteiger charge is 2.08. The van der Waals surface area contributed by atoms with Gasteiger partial charge in [0.05, 0.1) is 7.11 Å². The van der Waals surface area contributed by atoms with E-state index < -0.39 is 0 Å². The molecule has 0 aliphatic rings. The van der Waals surface area contributed by atoms with Crippen LogP contribution in [0, 0.1) is 6.92 Å². The van der Waals surface area contributed by atoms with E-state index in [1.165, 1.54) is 0 Å². The van der Waals surface area contributed by atoms with Crippen molar-refractivity contribution < 1.29 is 4.74 Å². The average molecular weight is 280 g/mol. The number of aromatic nitrogens is 1. The predicted molar refractivity (Wildman–Crippen MR) is 77.5 cm³/mol. The highest BCUT2D eigenvalue weighted by Crippen LogP contribution is 2.26. The molecule has 2 aromatic rings. The van der Waals surface area contributed by atoms with Gasteiger partial charge in [-0.1, -0.05) is 23.9 Å². The lowest BCUT2D eigenvalue weighted by Crippen LogP contribution is -2.12. The summed E-state index contributed by atoms with van der Waals surface area (Å²) < 4.78 is 6.21. The van der Waals surface area contributed by atoms with Crippen molar-refractivity contribution in [1.29, 1.82) is 0 Å². The largest absolute Gasteiger partial charge is 0.497 e. The smallest absolute Gasteiger partial charge is 0.150 e. The van der Waals surface area contributed by atoms with Crippen LogP contribution in [0.2, 0.25) is 0 Å². The molecular weight excluding hydrogens is 264 g/mol. The maximum absolute atomic E-state index is 6.16. The lowest BCUT2D eigenvalue weighted by atomic mass is 10.1. The van der Waals surface area contributed by atoms with E-state index in [0.717, 1.165) is 27.1 Å². The molecular formula is C13H16N2OS2. The molecule has 0 saturated heterocycles. The van der Waals surface area contributed by atoms with Crippen molar-refractivity contribution in [3.05, 3.63) is 40.9 Å². The lowest BCUT2D eigenvalue weighted by molar-refractivity contribution is 0.414. The molecule has 1 aromatic heterocycles. The fourth-order valence-corrected chi connectivity index (χ4v) is 3.37. The predicted octanol–water partition coefficient (Wildman–Crippen LogP) is 3.25. The van der Waals surface area contributed by atoms with E-state index in [9.17, 15) is 0 Å². The number of benzene rings is 1. The van der Waals surface area contributed by atoms with E-state index >= 15 is 0 Å². The molecule has 0 aliphatic carbocycles. The summed E-state index contributed by atoms with van der Waals surface area (Å²) in [5.41, 5.74) is 8.35. The maximum atomic E-state index is 6.16. The van der Waals surface area contributed by atoms with Gasteiger partial charge in [0.2, 0.25) is 0 Å². The van der Waals surface area contributed by atoms with Crippen molar-refractivity contribution in [1.82, 2.24) is 4.98 Å². The van der Waals surface area contributed by atoms with Gasteiger partial charge < -0.3 is 10.5 Å². The Kier molecular flexibility index (Phi) is 4.63. The Labute approximate surface area is 115 Å². The van der Waals surface area contributed by atoms with Crippen LogP contribution in [0.1, 0.15) is 17.3 Å². The Hall–Kier alpha value is -1.04. The molecule has 5 heteroatoms. The molecule has 0 radical (unpaired) electrons. The number of nitrogens with two attached hydrogens (primary N) is 1. The van der Waals surface area contributed by atoms with Gasteiger partial charge in [0, 0.05) is 22.9 Å². The molecule has 96 valence electrons. The summed E-state index contributed by atoms with van der Waals surface area (Å²) in [6, 6.07) is 7.92. The molecule has 1 aromatic carbocycles. The highest BCUT2D eigenvalue weighted by atomic mass is 32.2. The molecule has 0 aliphatic heterocycles. The van der Waals surface area contributed by atoms with Gasteiger partial charge in [-0.05, 0) is 24.6 Å². The third-order valence-corrected chi connectivity index (χ3v) is 4.79. The zero-order valence-corrected chi connectivity index (χ0v) is 12.1. The van der Waals surface area contributed by atoms with E-state index in [2.05, 4.69) is 10.4 Å². The molecule has 0 bridgehead atoms. The Balaban J connectivity index is 1.92. The summed E-state index contributed by atoms with van der Waals surface area (Å²) in [6.45, 7) is 2.00. The number of methoxy groups -OCH3 is 1. The first-order valence-electron chi connectivity index (χ1n) is 5.63. The van der Waals surface area contributed by atoms with Gasteiger partial charge in [-0.15, -0.1) is 11.3 Å².